The Hall–Kier alpha value is -1.39. The molecule has 0 radical (unpaired) electrons. The number of hydrogen-bond donors (Lipinski definition) is 2. The second-order valence-electron chi connectivity index (χ2n) is 5.69. The number of para-hydroxylation sites is 1. The number of hydrogen-bond acceptors (Lipinski definition) is 3. The number of carbonyl (C=O) groups excluding carboxylic acids is 1. The second-order valence-corrected chi connectivity index (χ2v) is 5.69. The van der Waals surface area contributed by atoms with Gasteiger partial charge in [-0.15, -0.1) is 0 Å². The summed E-state index contributed by atoms with van der Waals surface area (Å²) in [5, 5.41) is 12.2. The van der Waals surface area contributed by atoms with Crippen LogP contribution in [0.5, 0.6) is 0 Å². The van der Waals surface area contributed by atoms with Crippen molar-refractivity contribution in [3.63, 3.8) is 0 Å². The first-order valence-electron chi connectivity index (χ1n) is 7.97. The van der Waals surface area contributed by atoms with E-state index in [1.807, 2.05) is 24.3 Å². The number of rotatable bonds is 6. The molecule has 1 aliphatic heterocycles. The largest absolute Gasteiger partial charge is 0.396 e. The molecule has 0 bridgehead atoms. The number of nitrogens with zero attached hydrogens (tertiary/aromatic N) is 1. The van der Waals surface area contributed by atoms with Crippen LogP contribution in [0.25, 0.3) is 0 Å². The van der Waals surface area contributed by atoms with Gasteiger partial charge in [-0.05, 0) is 43.9 Å². The number of piperidine rings is 1. The van der Waals surface area contributed by atoms with Crippen molar-refractivity contribution in [3.05, 3.63) is 29.8 Å². The van der Waals surface area contributed by atoms with E-state index in [9.17, 15) is 4.79 Å². The van der Waals surface area contributed by atoms with Crippen molar-refractivity contribution >= 4 is 11.6 Å². The van der Waals surface area contributed by atoms with Crippen LogP contribution >= 0.6 is 0 Å². The minimum atomic E-state index is 0.0424. The highest BCUT2D eigenvalue weighted by molar-refractivity contribution is 5.93. The lowest BCUT2D eigenvalue weighted by atomic mass is 9.99. The molecule has 0 saturated carbocycles. The molecule has 0 spiro atoms. The third-order valence-electron chi connectivity index (χ3n) is 4.23. The molecule has 1 aromatic rings. The molecule has 1 saturated heterocycles. The number of nitrogens with one attached hydrogen (secondary N) is 1. The zero-order chi connectivity index (χ0) is 15.1. The highest BCUT2D eigenvalue weighted by atomic mass is 16.3. The topological polar surface area (TPSA) is 52.6 Å². The van der Waals surface area contributed by atoms with E-state index in [2.05, 4.69) is 17.1 Å². The van der Waals surface area contributed by atoms with Crippen molar-refractivity contribution in [2.24, 2.45) is 0 Å². The minimum Gasteiger partial charge on any atom is -0.396 e. The average Bonchev–Trinajstić information content (AvgIpc) is 2.50. The summed E-state index contributed by atoms with van der Waals surface area (Å²) in [5.74, 6) is 0.0424. The molecular weight excluding hydrogens is 264 g/mol. The third-order valence-corrected chi connectivity index (χ3v) is 4.23. The summed E-state index contributed by atoms with van der Waals surface area (Å²) >= 11 is 0. The summed E-state index contributed by atoms with van der Waals surface area (Å²) in [6.45, 7) is 3.66. The maximum Gasteiger partial charge on any atom is 0.238 e. The van der Waals surface area contributed by atoms with Crippen LogP contribution in [0.2, 0.25) is 0 Å². The van der Waals surface area contributed by atoms with E-state index in [-0.39, 0.29) is 12.5 Å². The molecule has 4 nitrogen and oxygen atoms in total. The molecule has 0 aromatic heterocycles. The summed E-state index contributed by atoms with van der Waals surface area (Å²) in [6.07, 6.45) is 5.09. The van der Waals surface area contributed by atoms with Gasteiger partial charge in [-0.25, -0.2) is 0 Å². The Balaban J connectivity index is 1.94. The number of carbonyl (C=O) groups is 1. The standard InChI is InChI=1S/C17H26N2O2/c1-2-14-7-3-4-9-16(14)18-17(21)13-19-11-6-5-8-15(19)10-12-20/h3-4,7,9,15,20H,2,5-6,8,10-13H2,1H3,(H,18,21). The van der Waals surface area contributed by atoms with Crippen LogP contribution in [0.3, 0.4) is 0 Å². The normalized spacial score (nSPS) is 19.4. The molecule has 1 fully saturated rings. The van der Waals surface area contributed by atoms with Crippen LogP contribution in [-0.2, 0) is 11.2 Å². The molecule has 21 heavy (non-hydrogen) atoms. The van der Waals surface area contributed by atoms with Crippen LogP contribution in [0.4, 0.5) is 5.69 Å². The molecule has 2 N–H and O–H groups in total. The van der Waals surface area contributed by atoms with Gasteiger partial charge in [-0.3, -0.25) is 9.69 Å². The fraction of sp³-hybridized carbons (Fsp3) is 0.588. The summed E-state index contributed by atoms with van der Waals surface area (Å²) in [5.41, 5.74) is 2.08. The van der Waals surface area contributed by atoms with Crippen molar-refractivity contribution in [1.29, 1.82) is 0 Å². The first kappa shape index (κ1) is 16.0. The first-order chi connectivity index (χ1) is 10.2. The van der Waals surface area contributed by atoms with E-state index >= 15 is 0 Å². The Morgan fingerprint density at radius 1 is 1.38 bits per heavy atom. The number of aryl methyl sites for hydroxylation is 1. The molecule has 1 amide bonds. The van der Waals surface area contributed by atoms with Crippen molar-refractivity contribution in [3.8, 4) is 0 Å². The summed E-state index contributed by atoms with van der Waals surface area (Å²) in [7, 11) is 0. The summed E-state index contributed by atoms with van der Waals surface area (Å²) in [4.78, 5) is 14.5. The monoisotopic (exact) mass is 290 g/mol. The molecule has 2 rings (SSSR count). The number of aliphatic hydroxyl groups is 1. The zero-order valence-electron chi connectivity index (χ0n) is 12.8. The third kappa shape index (κ3) is 4.55. The maximum absolute atomic E-state index is 12.3. The molecule has 1 heterocycles. The minimum absolute atomic E-state index is 0.0424. The van der Waals surface area contributed by atoms with E-state index in [0.717, 1.165) is 43.5 Å². The summed E-state index contributed by atoms with van der Waals surface area (Å²) in [6, 6.07) is 8.29. The van der Waals surface area contributed by atoms with Gasteiger partial charge in [0.2, 0.25) is 5.91 Å². The van der Waals surface area contributed by atoms with Gasteiger partial charge >= 0.3 is 0 Å². The molecular formula is C17H26N2O2. The van der Waals surface area contributed by atoms with Gasteiger partial charge in [0.1, 0.15) is 0 Å². The van der Waals surface area contributed by atoms with Crippen molar-refractivity contribution in [2.45, 2.75) is 45.1 Å². The Morgan fingerprint density at radius 2 is 2.19 bits per heavy atom. The lowest BCUT2D eigenvalue weighted by Gasteiger charge is -2.34. The number of likely N-dealkylation sites (tertiary alicyclic amines) is 1. The van der Waals surface area contributed by atoms with Crippen LogP contribution in [0.1, 0.15) is 38.2 Å². The van der Waals surface area contributed by atoms with Gasteiger partial charge in [0.15, 0.2) is 0 Å². The smallest absolute Gasteiger partial charge is 0.238 e. The molecule has 4 heteroatoms. The SMILES string of the molecule is CCc1ccccc1NC(=O)CN1CCCCC1CCO. The lowest BCUT2D eigenvalue weighted by Crippen LogP contribution is -2.44. The van der Waals surface area contributed by atoms with Gasteiger partial charge in [0, 0.05) is 18.3 Å². The Labute approximate surface area is 127 Å². The molecule has 0 aliphatic carbocycles. The average molecular weight is 290 g/mol. The van der Waals surface area contributed by atoms with Gasteiger partial charge < -0.3 is 10.4 Å². The van der Waals surface area contributed by atoms with Crippen LogP contribution in [-0.4, -0.2) is 41.7 Å². The molecule has 1 unspecified atom stereocenters. The number of anilines is 1. The maximum atomic E-state index is 12.3. The predicted octanol–water partition coefficient (Wildman–Crippen LogP) is 2.42. The highest BCUT2D eigenvalue weighted by Gasteiger charge is 2.23. The van der Waals surface area contributed by atoms with E-state index in [0.29, 0.717) is 12.6 Å². The number of amides is 1. The zero-order valence-corrected chi connectivity index (χ0v) is 12.8. The van der Waals surface area contributed by atoms with Crippen molar-refractivity contribution in [2.75, 3.05) is 25.0 Å². The fourth-order valence-corrected chi connectivity index (χ4v) is 3.07. The first-order valence-corrected chi connectivity index (χ1v) is 7.97. The van der Waals surface area contributed by atoms with E-state index in [1.165, 1.54) is 6.42 Å². The molecule has 116 valence electrons. The molecule has 1 aliphatic rings. The molecule has 1 atom stereocenters. The highest BCUT2D eigenvalue weighted by Crippen LogP contribution is 2.20. The van der Waals surface area contributed by atoms with Crippen LogP contribution in [0.15, 0.2) is 24.3 Å². The number of benzene rings is 1. The fourth-order valence-electron chi connectivity index (χ4n) is 3.07. The van der Waals surface area contributed by atoms with Gasteiger partial charge in [-0.2, -0.15) is 0 Å². The van der Waals surface area contributed by atoms with Crippen molar-refractivity contribution < 1.29 is 9.90 Å². The second kappa shape index (κ2) is 8.15. The van der Waals surface area contributed by atoms with E-state index in [4.69, 9.17) is 5.11 Å². The lowest BCUT2D eigenvalue weighted by molar-refractivity contribution is -0.118. The van der Waals surface area contributed by atoms with Gasteiger partial charge in [0.05, 0.1) is 6.54 Å². The van der Waals surface area contributed by atoms with Crippen molar-refractivity contribution in [1.82, 2.24) is 4.90 Å². The van der Waals surface area contributed by atoms with Gasteiger partial charge in [0.25, 0.3) is 0 Å². The number of aliphatic hydroxyl groups excluding tert-OH is 1. The van der Waals surface area contributed by atoms with Crippen LogP contribution in [0, 0.1) is 0 Å². The summed E-state index contributed by atoms with van der Waals surface area (Å²) < 4.78 is 0. The van der Waals surface area contributed by atoms with Crippen LogP contribution < -0.4 is 5.32 Å². The quantitative estimate of drug-likeness (QED) is 0.846. The van der Waals surface area contributed by atoms with E-state index in [1.54, 1.807) is 0 Å². The Kier molecular flexibility index (Phi) is 6.21. The van der Waals surface area contributed by atoms with E-state index < -0.39 is 0 Å². The predicted molar refractivity (Wildman–Crippen MR) is 85.4 cm³/mol. The Morgan fingerprint density at radius 3 is 2.95 bits per heavy atom. The molecule has 1 aromatic carbocycles. The Bertz CT molecular complexity index is 460. The van der Waals surface area contributed by atoms with Gasteiger partial charge in [-0.1, -0.05) is 31.5 Å².